The second kappa shape index (κ2) is 7.42. The minimum absolute atomic E-state index is 0.0835. The van der Waals surface area contributed by atoms with Crippen molar-refractivity contribution < 1.29 is 22.4 Å². The standard InChI is InChI=1S/C20H14F4N6O/c1-30-18(31)20(29-19(30)25,12-4-11(17(23)24)7-26-9-12)14-5-13(15(21)6-16(14)22)10-2-3-27-28-8-10/h2-9,17H,1H3,(H2,25,29). The number of alkyl halides is 2. The van der Waals surface area contributed by atoms with Crippen molar-refractivity contribution in [1.82, 2.24) is 20.1 Å². The quantitative estimate of drug-likeness (QED) is 0.642. The van der Waals surface area contributed by atoms with Crippen molar-refractivity contribution in [2.75, 3.05) is 7.05 Å². The third-order valence-corrected chi connectivity index (χ3v) is 5.01. The van der Waals surface area contributed by atoms with E-state index in [1.165, 1.54) is 25.5 Å². The summed E-state index contributed by atoms with van der Waals surface area (Å²) in [5.74, 6) is -3.09. The maximum Gasteiger partial charge on any atom is 0.266 e. The number of benzene rings is 1. The number of carbonyl (C=O) groups is 1. The van der Waals surface area contributed by atoms with Crippen molar-refractivity contribution in [3.8, 4) is 11.1 Å². The van der Waals surface area contributed by atoms with E-state index in [9.17, 15) is 18.0 Å². The molecule has 1 atom stereocenters. The van der Waals surface area contributed by atoms with Gasteiger partial charge in [-0.2, -0.15) is 10.2 Å². The average molecular weight is 430 g/mol. The summed E-state index contributed by atoms with van der Waals surface area (Å²) in [6, 6.07) is 4.13. The number of carbonyl (C=O) groups excluding carboxylic acids is 1. The molecule has 2 N–H and O–H groups in total. The second-order valence-corrected chi connectivity index (χ2v) is 6.80. The van der Waals surface area contributed by atoms with E-state index in [-0.39, 0.29) is 28.2 Å². The second-order valence-electron chi connectivity index (χ2n) is 6.80. The van der Waals surface area contributed by atoms with Gasteiger partial charge in [-0.3, -0.25) is 14.7 Å². The van der Waals surface area contributed by atoms with Crippen LogP contribution in [0.3, 0.4) is 0 Å². The maximum atomic E-state index is 15.1. The van der Waals surface area contributed by atoms with Crippen LogP contribution in [0.1, 0.15) is 23.1 Å². The van der Waals surface area contributed by atoms with E-state index in [2.05, 4.69) is 20.2 Å². The molecule has 1 aliphatic rings. The fourth-order valence-electron chi connectivity index (χ4n) is 3.43. The van der Waals surface area contributed by atoms with Crippen LogP contribution in [0.4, 0.5) is 17.6 Å². The highest BCUT2D eigenvalue weighted by Crippen LogP contribution is 2.42. The van der Waals surface area contributed by atoms with Crippen molar-refractivity contribution in [3.05, 3.63) is 77.4 Å². The van der Waals surface area contributed by atoms with Gasteiger partial charge in [0.1, 0.15) is 11.6 Å². The van der Waals surface area contributed by atoms with Crippen LogP contribution in [0.25, 0.3) is 11.1 Å². The van der Waals surface area contributed by atoms with E-state index in [1.807, 2.05) is 0 Å². The van der Waals surface area contributed by atoms with E-state index in [0.29, 0.717) is 6.07 Å². The molecule has 1 aliphatic heterocycles. The first-order valence-electron chi connectivity index (χ1n) is 8.89. The van der Waals surface area contributed by atoms with E-state index in [0.717, 1.165) is 29.4 Å². The van der Waals surface area contributed by atoms with Gasteiger partial charge in [0.2, 0.25) is 0 Å². The molecule has 11 heteroatoms. The molecule has 1 aromatic carbocycles. The van der Waals surface area contributed by atoms with Crippen molar-refractivity contribution >= 4 is 11.9 Å². The number of nitrogens with two attached hydrogens (primary N) is 1. The highest BCUT2D eigenvalue weighted by Gasteiger charge is 2.51. The molecule has 3 heterocycles. The number of amides is 1. The maximum absolute atomic E-state index is 15.1. The molecule has 1 amide bonds. The van der Waals surface area contributed by atoms with Crippen LogP contribution in [-0.4, -0.2) is 39.0 Å². The summed E-state index contributed by atoms with van der Waals surface area (Å²) < 4.78 is 56.3. The number of likely N-dealkylation sites (N-methyl/N-ethyl adjacent to an activating group) is 1. The Morgan fingerprint density at radius 3 is 2.45 bits per heavy atom. The summed E-state index contributed by atoms with van der Waals surface area (Å²) in [6.07, 6.45) is 1.72. The number of rotatable bonds is 4. The van der Waals surface area contributed by atoms with E-state index in [1.54, 1.807) is 0 Å². The highest BCUT2D eigenvalue weighted by molar-refractivity contribution is 6.09. The first kappa shape index (κ1) is 20.4. The number of guanidine groups is 1. The van der Waals surface area contributed by atoms with Gasteiger partial charge in [-0.15, -0.1) is 0 Å². The minimum atomic E-state index is -2.89. The molecule has 0 bridgehead atoms. The Morgan fingerprint density at radius 1 is 1.06 bits per heavy atom. The van der Waals surface area contributed by atoms with Gasteiger partial charge in [-0.05, 0) is 18.2 Å². The summed E-state index contributed by atoms with van der Waals surface area (Å²) in [4.78, 5) is 22.1. The Morgan fingerprint density at radius 2 is 1.84 bits per heavy atom. The molecule has 2 aromatic heterocycles. The molecule has 158 valence electrons. The minimum Gasteiger partial charge on any atom is -0.369 e. The lowest BCUT2D eigenvalue weighted by molar-refractivity contribution is -0.129. The van der Waals surface area contributed by atoms with Gasteiger partial charge in [0, 0.05) is 53.3 Å². The van der Waals surface area contributed by atoms with Crippen molar-refractivity contribution in [1.29, 1.82) is 0 Å². The SMILES string of the molecule is CN1C(=O)C(c2cncc(C(F)F)c2)(c2cc(-c3ccnnc3)c(F)cc2F)N=C1N. The number of aliphatic imine (C=N–C) groups is 1. The summed E-state index contributed by atoms with van der Waals surface area (Å²) in [6.45, 7) is 0. The molecule has 31 heavy (non-hydrogen) atoms. The Balaban J connectivity index is 2.03. The van der Waals surface area contributed by atoms with Crippen LogP contribution >= 0.6 is 0 Å². The van der Waals surface area contributed by atoms with E-state index in [4.69, 9.17) is 5.73 Å². The predicted octanol–water partition coefficient (Wildman–Crippen LogP) is 2.78. The molecular formula is C20H14F4N6O. The monoisotopic (exact) mass is 430 g/mol. The normalized spacial score (nSPS) is 18.6. The first-order valence-corrected chi connectivity index (χ1v) is 8.89. The number of pyridine rings is 1. The van der Waals surface area contributed by atoms with Gasteiger partial charge in [0.25, 0.3) is 12.3 Å². The zero-order valence-electron chi connectivity index (χ0n) is 15.9. The van der Waals surface area contributed by atoms with Gasteiger partial charge in [0.15, 0.2) is 11.5 Å². The van der Waals surface area contributed by atoms with Crippen LogP contribution < -0.4 is 5.73 Å². The molecule has 4 rings (SSSR count). The molecule has 0 radical (unpaired) electrons. The molecule has 0 spiro atoms. The van der Waals surface area contributed by atoms with Gasteiger partial charge >= 0.3 is 0 Å². The van der Waals surface area contributed by atoms with Crippen LogP contribution in [0, 0.1) is 11.6 Å². The average Bonchev–Trinajstić information content (AvgIpc) is 2.99. The lowest BCUT2D eigenvalue weighted by Crippen LogP contribution is -2.41. The lowest BCUT2D eigenvalue weighted by Gasteiger charge is -2.27. The largest absolute Gasteiger partial charge is 0.369 e. The Hall–Kier alpha value is -3.89. The zero-order valence-corrected chi connectivity index (χ0v) is 15.9. The fourth-order valence-corrected chi connectivity index (χ4v) is 3.43. The smallest absolute Gasteiger partial charge is 0.266 e. The summed E-state index contributed by atoms with van der Waals surface area (Å²) in [5, 5.41) is 7.28. The molecule has 0 saturated heterocycles. The summed E-state index contributed by atoms with van der Waals surface area (Å²) in [5.41, 5.74) is 2.84. The summed E-state index contributed by atoms with van der Waals surface area (Å²) in [7, 11) is 1.31. The van der Waals surface area contributed by atoms with Crippen molar-refractivity contribution in [3.63, 3.8) is 0 Å². The highest BCUT2D eigenvalue weighted by atomic mass is 19.3. The number of aromatic nitrogens is 3. The summed E-state index contributed by atoms with van der Waals surface area (Å²) >= 11 is 0. The molecule has 0 saturated carbocycles. The van der Waals surface area contributed by atoms with Crippen molar-refractivity contribution in [2.24, 2.45) is 10.7 Å². The molecule has 1 unspecified atom stereocenters. The van der Waals surface area contributed by atoms with E-state index < -0.39 is 35.1 Å². The van der Waals surface area contributed by atoms with Gasteiger partial charge in [0.05, 0.1) is 12.4 Å². The van der Waals surface area contributed by atoms with Gasteiger partial charge < -0.3 is 5.73 Å². The number of hydrogen-bond donors (Lipinski definition) is 1. The van der Waals surface area contributed by atoms with E-state index >= 15 is 4.39 Å². The van der Waals surface area contributed by atoms with Crippen molar-refractivity contribution in [2.45, 2.75) is 12.0 Å². The molecule has 3 aromatic rings. The number of hydrogen-bond acceptors (Lipinski definition) is 6. The molecule has 0 aliphatic carbocycles. The fraction of sp³-hybridized carbons (Fsp3) is 0.150. The van der Waals surface area contributed by atoms with Gasteiger partial charge in [-0.1, -0.05) is 0 Å². The van der Waals surface area contributed by atoms with Gasteiger partial charge in [-0.25, -0.2) is 22.6 Å². The number of halogens is 4. The molecule has 7 nitrogen and oxygen atoms in total. The molecule has 0 fully saturated rings. The first-order chi connectivity index (χ1) is 14.8. The Bertz CT molecular complexity index is 1200. The van der Waals surface area contributed by atoms with Crippen LogP contribution in [0.5, 0.6) is 0 Å². The predicted molar refractivity (Wildman–Crippen MR) is 102 cm³/mol. The molecular weight excluding hydrogens is 416 g/mol. The lowest BCUT2D eigenvalue weighted by atomic mass is 9.81. The zero-order chi connectivity index (χ0) is 22.3. The van der Waals surface area contributed by atoms with Crippen LogP contribution in [0.15, 0.2) is 54.0 Å². The van der Waals surface area contributed by atoms with Crippen LogP contribution in [-0.2, 0) is 10.3 Å². The third kappa shape index (κ3) is 3.18. The third-order valence-electron chi connectivity index (χ3n) is 5.01. The number of nitrogens with zero attached hydrogens (tertiary/aromatic N) is 5. The Kier molecular flexibility index (Phi) is 4.88. The Labute approximate surface area is 173 Å². The van der Waals surface area contributed by atoms with Crippen LogP contribution in [0.2, 0.25) is 0 Å². The topological polar surface area (TPSA) is 97.4 Å².